The van der Waals surface area contributed by atoms with E-state index in [1.165, 1.54) is 19.3 Å². The van der Waals surface area contributed by atoms with Gasteiger partial charge in [-0.05, 0) is 58.5 Å². The predicted molar refractivity (Wildman–Crippen MR) is 116 cm³/mol. The first-order valence-electron chi connectivity index (χ1n) is 8.57. The number of hydrogen-bond acceptors (Lipinski definition) is 6. The van der Waals surface area contributed by atoms with E-state index in [1.807, 2.05) is 22.6 Å². The number of carbonyl (C=O) groups is 4. The minimum atomic E-state index is -0.823. The number of amides is 5. The molecule has 0 aromatic heterocycles. The van der Waals surface area contributed by atoms with Crippen molar-refractivity contribution in [2.24, 2.45) is 5.73 Å². The van der Waals surface area contributed by atoms with Crippen LogP contribution >= 0.6 is 22.6 Å². The van der Waals surface area contributed by atoms with Gasteiger partial charge in [-0.3, -0.25) is 19.7 Å². The summed E-state index contributed by atoms with van der Waals surface area (Å²) in [6.07, 6.45) is 1.35. The third-order valence-corrected chi connectivity index (χ3v) is 4.84. The number of barbiturate groups is 1. The molecule has 0 radical (unpaired) electrons. The number of imide groups is 2. The van der Waals surface area contributed by atoms with Gasteiger partial charge in [0.2, 0.25) is 0 Å². The zero-order valence-electron chi connectivity index (χ0n) is 15.7. The molecule has 5 amide bonds. The van der Waals surface area contributed by atoms with Crippen molar-refractivity contribution in [3.05, 3.63) is 57.2 Å². The lowest BCUT2D eigenvalue weighted by Crippen LogP contribution is -2.54. The number of nitrogens with one attached hydrogen (secondary N) is 1. The molecule has 30 heavy (non-hydrogen) atoms. The highest BCUT2D eigenvalue weighted by atomic mass is 127. The van der Waals surface area contributed by atoms with Crippen molar-refractivity contribution in [2.75, 3.05) is 18.6 Å². The average molecular weight is 521 g/mol. The van der Waals surface area contributed by atoms with Crippen LogP contribution in [0, 0.1) is 3.57 Å². The van der Waals surface area contributed by atoms with Crippen molar-refractivity contribution in [3.63, 3.8) is 0 Å². The largest absolute Gasteiger partial charge is 0.493 e. The molecule has 2 aromatic carbocycles. The number of nitrogens with zero attached hydrogens (tertiary/aromatic N) is 1. The second-order valence-corrected chi connectivity index (χ2v) is 7.24. The molecule has 1 saturated heterocycles. The maximum Gasteiger partial charge on any atom is 0.335 e. The fourth-order valence-electron chi connectivity index (χ4n) is 2.74. The Kier molecular flexibility index (Phi) is 6.35. The Hall–Kier alpha value is -3.41. The Morgan fingerprint density at radius 1 is 1.20 bits per heavy atom. The molecule has 1 heterocycles. The second kappa shape index (κ2) is 8.95. The second-order valence-electron chi connectivity index (χ2n) is 6.08. The highest BCUT2D eigenvalue weighted by Gasteiger charge is 2.36. The van der Waals surface area contributed by atoms with Crippen molar-refractivity contribution >= 4 is 58.1 Å². The van der Waals surface area contributed by atoms with E-state index in [0.29, 0.717) is 20.6 Å². The molecule has 1 aliphatic rings. The first-order chi connectivity index (χ1) is 14.3. The van der Waals surface area contributed by atoms with Gasteiger partial charge in [-0.2, -0.15) is 0 Å². The third-order valence-electron chi connectivity index (χ3n) is 4.04. The molecule has 0 atom stereocenters. The maximum atomic E-state index is 12.9. The van der Waals surface area contributed by atoms with Gasteiger partial charge in [-0.15, -0.1) is 0 Å². The molecule has 0 aliphatic carbocycles. The summed E-state index contributed by atoms with van der Waals surface area (Å²) in [4.78, 5) is 49.3. The molecular formula is C20H16IN3O6. The topological polar surface area (TPSA) is 128 Å². The van der Waals surface area contributed by atoms with Crippen LogP contribution in [-0.2, 0) is 14.4 Å². The molecule has 0 bridgehead atoms. The third kappa shape index (κ3) is 4.43. The van der Waals surface area contributed by atoms with Gasteiger partial charge < -0.3 is 15.2 Å². The number of hydrogen-bond donors (Lipinski definition) is 2. The van der Waals surface area contributed by atoms with Crippen LogP contribution in [0.3, 0.4) is 0 Å². The van der Waals surface area contributed by atoms with E-state index in [9.17, 15) is 19.2 Å². The number of nitrogens with two attached hydrogens (primary N) is 1. The van der Waals surface area contributed by atoms with E-state index >= 15 is 0 Å². The molecule has 3 N–H and O–H groups in total. The van der Waals surface area contributed by atoms with Crippen molar-refractivity contribution in [1.82, 2.24) is 5.32 Å². The van der Waals surface area contributed by atoms with Gasteiger partial charge in [-0.25, -0.2) is 9.69 Å². The van der Waals surface area contributed by atoms with Gasteiger partial charge in [0.05, 0.1) is 16.4 Å². The number of carbonyl (C=O) groups excluding carboxylic acids is 4. The molecule has 3 rings (SSSR count). The lowest BCUT2D eigenvalue weighted by molar-refractivity contribution is -0.123. The van der Waals surface area contributed by atoms with Crippen molar-refractivity contribution in [3.8, 4) is 11.5 Å². The van der Waals surface area contributed by atoms with Crippen LogP contribution in [0.5, 0.6) is 11.5 Å². The van der Waals surface area contributed by atoms with Crippen LogP contribution in [0.4, 0.5) is 10.5 Å². The number of primary amides is 1. The Labute approximate surface area is 184 Å². The smallest absolute Gasteiger partial charge is 0.335 e. The summed E-state index contributed by atoms with van der Waals surface area (Å²) in [6, 6.07) is 10.6. The molecule has 154 valence electrons. The fourth-order valence-corrected chi connectivity index (χ4v) is 3.52. The minimum absolute atomic E-state index is 0.220. The zero-order valence-corrected chi connectivity index (χ0v) is 17.8. The summed E-state index contributed by atoms with van der Waals surface area (Å²) in [7, 11) is 1.41. The quantitative estimate of drug-likeness (QED) is 0.339. The summed E-state index contributed by atoms with van der Waals surface area (Å²) in [5, 5.41) is 2.17. The lowest BCUT2D eigenvalue weighted by atomic mass is 10.1. The Morgan fingerprint density at radius 3 is 2.53 bits per heavy atom. The minimum Gasteiger partial charge on any atom is -0.493 e. The van der Waals surface area contributed by atoms with Gasteiger partial charge in [-0.1, -0.05) is 18.2 Å². The number of urea groups is 1. The number of benzene rings is 2. The normalized spacial score (nSPS) is 15.2. The predicted octanol–water partition coefficient (Wildman–Crippen LogP) is 1.83. The SMILES string of the molecule is COc1cc(/C=C2\C(=O)NC(=O)N(c3ccccc3)C2=O)cc(I)c1OCC(N)=O. The van der Waals surface area contributed by atoms with Gasteiger partial charge in [0.25, 0.3) is 17.7 Å². The highest BCUT2D eigenvalue weighted by molar-refractivity contribution is 14.1. The number of ether oxygens (including phenoxy) is 2. The number of para-hydroxylation sites is 1. The van der Waals surface area contributed by atoms with E-state index in [2.05, 4.69) is 5.32 Å². The first-order valence-corrected chi connectivity index (χ1v) is 9.65. The number of methoxy groups -OCH3 is 1. The van der Waals surface area contributed by atoms with Crippen LogP contribution in [0.25, 0.3) is 6.08 Å². The van der Waals surface area contributed by atoms with Crippen molar-refractivity contribution in [1.29, 1.82) is 0 Å². The van der Waals surface area contributed by atoms with Gasteiger partial charge in [0, 0.05) is 0 Å². The molecular weight excluding hydrogens is 505 g/mol. The van der Waals surface area contributed by atoms with Crippen LogP contribution in [0.1, 0.15) is 5.56 Å². The molecule has 0 unspecified atom stereocenters. The molecule has 0 spiro atoms. The highest BCUT2D eigenvalue weighted by Crippen LogP contribution is 2.35. The summed E-state index contributed by atoms with van der Waals surface area (Å²) in [5.41, 5.74) is 5.68. The zero-order chi connectivity index (χ0) is 21.8. The number of anilines is 1. The van der Waals surface area contributed by atoms with Crippen LogP contribution in [0.2, 0.25) is 0 Å². The fraction of sp³-hybridized carbons (Fsp3) is 0.100. The van der Waals surface area contributed by atoms with Crippen molar-refractivity contribution in [2.45, 2.75) is 0 Å². The monoisotopic (exact) mass is 521 g/mol. The summed E-state index contributed by atoms with van der Waals surface area (Å²) in [5.74, 6) is -1.61. The molecule has 1 aliphatic heterocycles. The van der Waals surface area contributed by atoms with Crippen LogP contribution in [-0.4, -0.2) is 37.5 Å². The molecule has 9 nitrogen and oxygen atoms in total. The Morgan fingerprint density at radius 2 is 1.90 bits per heavy atom. The van der Waals surface area contributed by atoms with E-state index in [0.717, 1.165) is 4.90 Å². The van der Waals surface area contributed by atoms with Gasteiger partial charge >= 0.3 is 6.03 Å². The van der Waals surface area contributed by atoms with E-state index in [-0.39, 0.29) is 17.9 Å². The number of rotatable bonds is 6. The average Bonchev–Trinajstić information content (AvgIpc) is 2.70. The van der Waals surface area contributed by atoms with E-state index < -0.39 is 23.8 Å². The first kappa shape index (κ1) is 21.3. The lowest BCUT2D eigenvalue weighted by Gasteiger charge is -2.26. The van der Waals surface area contributed by atoms with E-state index in [1.54, 1.807) is 36.4 Å². The van der Waals surface area contributed by atoms with Gasteiger partial charge in [0.1, 0.15) is 5.57 Å². The molecule has 10 heteroatoms. The van der Waals surface area contributed by atoms with Gasteiger partial charge in [0.15, 0.2) is 18.1 Å². The summed E-state index contributed by atoms with van der Waals surface area (Å²) >= 11 is 1.97. The maximum absolute atomic E-state index is 12.9. The summed E-state index contributed by atoms with van der Waals surface area (Å²) in [6.45, 7) is -0.332. The molecule has 2 aromatic rings. The van der Waals surface area contributed by atoms with Crippen LogP contribution < -0.4 is 25.4 Å². The van der Waals surface area contributed by atoms with E-state index in [4.69, 9.17) is 15.2 Å². The molecule has 1 fully saturated rings. The number of halogens is 1. The standard InChI is InChI=1S/C20H16IN3O6/c1-29-15-9-11(8-14(21)17(15)30-10-16(22)25)7-13-18(26)23-20(28)24(19(13)27)12-5-3-2-4-6-12/h2-9H,10H2,1H3,(H2,22,25)(H,23,26,28)/b13-7+. The summed E-state index contributed by atoms with van der Waals surface area (Å²) < 4.78 is 11.2. The van der Waals surface area contributed by atoms with Crippen molar-refractivity contribution < 1.29 is 28.7 Å². The Bertz CT molecular complexity index is 1070. The molecule has 0 saturated carbocycles. The Balaban J connectivity index is 1.99. The van der Waals surface area contributed by atoms with Crippen LogP contribution in [0.15, 0.2) is 48.0 Å².